The van der Waals surface area contributed by atoms with Crippen molar-refractivity contribution in [2.75, 3.05) is 24.2 Å². The van der Waals surface area contributed by atoms with Crippen molar-refractivity contribution in [1.82, 2.24) is 4.90 Å². The first-order valence-electron chi connectivity index (χ1n) is 6.25. The lowest BCUT2D eigenvalue weighted by Crippen LogP contribution is -2.27. The van der Waals surface area contributed by atoms with Gasteiger partial charge in [0.2, 0.25) is 5.91 Å². The van der Waals surface area contributed by atoms with Crippen molar-refractivity contribution in [1.29, 1.82) is 0 Å². The summed E-state index contributed by atoms with van der Waals surface area (Å²) in [6.45, 7) is 0.872. The van der Waals surface area contributed by atoms with Crippen molar-refractivity contribution in [2.45, 2.75) is 12.6 Å². The smallest absolute Gasteiger partial charge is 0.332 e. The van der Waals surface area contributed by atoms with Crippen molar-refractivity contribution in [3.8, 4) is 0 Å². The molecule has 0 saturated carbocycles. The SMILES string of the molecule is O=C(CCN1CCSC1=O)Nc1cccc(C(F)(F)F)c1. The van der Waals surface area contributed by atoms with E-state index in [4.69, 9.17) is 0 Å². The summed E-state index contributed by atoms with van der Waals surface area (Å²) in [6, 6.07) is 4.45. The lowest BCUT2D eigenvalue weighted by Gasteiger charge is -2.14. The maximum Gasteiger partial charge on any atom is 0.416 e. The monoisotopic (exact) mass is 318 g/mol. The number of carbonyl (C=O) groups excluding carboxylic acids is 2. The van der Waals surface area contributed by atoms with E-state index in [2.05, 4.69) is 5.32 Å². The molecular formula is C13H13F3N2O2S. The molecule has 1 N–H and O–H groups in total. The number of rotatable bonds is 4. The minimum absolute atomic E-state index is 0.0581. The van der Waals surface area contributed by atoms with Gasteiger partial charge in [-0.05, 0) is 18.2 Å². The molecule has 2 amide bonds. The fourth-order valence-corrected chi connectivity index (χ4v) is 2.71. The molecule has 0 atom stereocenters. The van der Waals surface area contributed by atoms with E-state index in [1.807, 2.05) is 0 Å². The molecule has 1 saturated heterocycles. The number of anilines is 1. The van der Waals surface area contributed by atoms with E-state index in [9.17, 15) is 22.8 Å². The van der Waals surface area contributed by atoms with E-state index >= 15 is 0 Å². The van der Waals surface area contributed by atoms with Gasteiger partial charge in [0.05, 0.1) is 5.56 Å². The molecule has 0 spiro atoms. The van der Waals surface area contributed by atoms with Crippen molar-refractivity contribution in [3.05, 3.63) is 29.8 Å². The van der Waals surface area contributed by atoms with Crippen LogP contribution in [0.3, 0.4) is 0 Å². The first-order valence-corrected chi connectivity index (χ1v) is 7.23. The van der Waals surface area contributed by atoms with E-state index in [-0.39, 0.29) is 23.9 Å². The third-order valence-corrected chi connectivity index (χ3v) is 3.82. The van der Waals surface area contributed by atoms with Crippen LogP contribution in [-0.4, -0.2) is 34.9 Å². The summed E-state index contributed by atoms with van der Waals surface area (Å²) in [5.41, 5.74) is -0.719. The largest absolute Gasteiger partial charge is 0.416 e. The average molecular weight is 318 g/mol. The van der Waals surface area contributed by atoms with Crippen molar-refractivity contribution in [3.63, 3.8) is 0 Å². The number of benzene rings is 1. The highest BCUT2D eigenvalue weighted by Crippen LogP contribution is 2.30. The number of halogens is 3. The van der Waals surface area contributed by atoms with Gasteiger partial charge in [0.15, 0.2) is 0 Å². The number of hydrogen-bond donors (Lipinski definition) is 1. The van der Waals surface area contributed by atoms with Gasteiger partial charge in [-0.25, -0.2) is 0 Å². The van der Waals surface area contributed by atoms with Crippen LogP contribution in [0.2, 0.25) is 0 Å². The quantitative estimate of drug-likeness (QED) is 0.927. The Morgan fingerprint density at radius 1 is 1.38 bits per heavy atom. The molecule has 0 unspecified atom stereocenters. The maximum atomic E-state index is 12.5. The Hall–Kier alpha value is -1.70. The highest BCUT2D eigenvalue weighted by atomic mass is 32.2. The Labute approximate surface area is 123 Å². The van der Waals surface area contributed by atoms with Crippen LogP contribution in [-0.2, 0) is 11.0 Å². The van der Waals surface area contributed by atoms with Gasteiger partial charge in [0.25, 0.3) is 5.24 Å². The van der Waals surface area contributed by atoms with Crippen LogP contribution in [0.5, 0.6) is 0 Å². The van der Waals surface area contributed by atoms with Crippen LogP contribution in [0, 0.1) is 0 Å². The Kier molecular flexibility index (Phi) is 4.76. The molecule has 4 nitrogen and oxygen atoms in total. The van der Waals surface area contributed by atoms with Gasteiger partial charge in [0, 0.05) is 31.0 Å². The van der Waals surface area contributed by atoms with E-state index < -0.39 is 17.6 Å². The minimum atomic E-state index is -4.44. The van der Waals surface area contributed by atoms with Gasteiger partial charge in [-0.15, -0.1) is 0 Å². The molecule has 8 heteroatoms. The van der Waals surface area contributed by atoms with Crippen LogP contribution in [0.1, 0.15) is 12.0 Å². The molecule has 2 rings (SSSR count). The van der Waals surface area contributed by atoms with E-state index in [1.165, 1.54) is 23.9 Å². The van der Waals surface area contributed by atoms with E-state index in [0.29, 0.717) is 12.3 Å². The van der Waals surface area contributed by atoms with Crippen molar-refractivity contribution in [2.24, 2.45) is 0 Å². The number of hydrogen-bond acceptors (Lipinski definition) is 3. The maximum absolute atomic E-state index is 12.5. The second kappa shape index (κ2) is 6.38. The molecule has 1 aromatic rings. The minimum Gasteiger partial charge on any atom is -0.332 e. The zero-order valence-corrected chi connectivity index (χ0v) is 11.8. The molecule has 1 aromatic carbocycles. The van der Waals surface area contributed by atoms with Crippen LogP contribution in [0.4, 0.5) is 23.7 Å². The summed E-state index contributed by atoms with van der Waals surface area (Å²) in [6.07, 6.45) is -4.39. The van der Waals surface area contributed by atoms with E-state index in [0.717, 1.165) is 12.1 Å². The molecule has 0 aromatic heterocycles. The highest BCUT2D eigenvalue weighted by Gasteiger charge is 2.30. The molecule has 1 heterocycles. The number of nitrogens with zero attached hydrogens (tertiary/aromatic N) is 1. The van der Waals surface area contributed by atoms with Gasteiger partial charge in [-0.1, -0.05) is 17.8 Å². The molecule has 0 radical (unpaired) electrons. The second-order valence-corrected chi connectivity index (χ2v) is 5.52. The number of nitrogens with one attached hydrogen (secondary N) is 1. The Balaban J connectivity index is 1.89. The normalized spacial score (nSPS) is 15.4. The number of carbonyl (C=O) groups is 2. The highest BCUT2D eigenvalue weighted by molar-refractivity contribution is 8.13. The topological polar surface area (TPSA) is 49.4 Å². The lowest BCUT2D eigenvalue weighted by atomic mass is 10.2. The predicted octanol–water partition coefficient (Wildman–Crippen LogP) is 3.20. The average Bonchev–Trinajstić information content (AvgIpc) is 2.81. The number of alkyl halides is 3. The fourth-order valence-electron chi connectivity index (χ4n) is 1.86. The zero-order chi connectivity index (χ0) is 15.5. The van der Waals surface area contributed by atoms with Gasteiger partial charge in [0.1, 0.15) is 0 Å². The third kappa shape index (κ3) is 4.38. The summed E-state index contributed by atoms with van der Waals surface area (Å²) in [5, 5.41) is 2.34. The van der Waals surface area contributed by atoms with Crippen molar-refractivity contribution < 1.29 is 22.8 Å². The van der Waals surface area contributed by atoms with Crippen LogP contribution in [0.15, 0.2) is 24.3 Å². The molecule has 1 aliphatic heterocycles. The molecule has 114 valence electrons. The van der Waals surface area contributed by atoms with Gasteiger partial charge in [-0.2, -0.15) is 13.2 Å². The molecule has 1 aliphatic rings. The molecule has 1 fully saturated rings. The first kappa shape index (κ1) is 15.7. The summed E-state index contributed by atoms with van der Waals surface area (Å²) >= 11 is 1.20. The Morgan fingerprint density at radius 3 is 2.76 bits per heavy atom. The van der Waals surface area contributed by atoms with E-state index in [1.54, 1.807) is 4.90 Å². The van der Waals surface area contributed by atoms with Crippen molar-refractivity contribution >= 4 is 28.6 Å². The van der Waals surface area contributed by atoms with Crippen LogP contribution < -0.4 is 5.32 Å². The summed E-state index contributed by atoms with van der Waals surface area (Å²) in [5.74, 6) is 0.285. The fraction of sp³-hybridized carbons (Fsp3) is 0.385. The summed E-state index contributed by atoms with van der Waals surface area (Å²) in [4.78, 5) is 24.6. The number of amides is 2. The summed E-state index contributed by atoms with van der Waals surface area (Å²) in [7, 11) is 0. The molecular weight excluding hydrogens is 305 g/mol. The molecule has 0 bridgehead atoms. The Bertz CT molecular complexity index is 548. The molecule has 21 heavy (non-hydrogen) atoms. The van der Waals surface area contributed by atoms with Crippen LogP contribution in [0.25, 0.3) is 0 Å². The van der Waals surface area contributed by atoms with Gasteiger partial charge >= 0.3 is 6.18 Å². The summed E-state index contributed by atoms with van der Waals surface area (Å²) < 4.78 is 37.6. The number of thioether (sulfide) groups is 1. The standard InChI is InChI=1S/C13H13F3N2O2S/c14-13(15,16)9-2-1-3-10(8-9)17-11(19)4-5-18-6-7-21-12(18)20/h1-3,8H,4-7H2,(H,17,19). The molecule has 0 aliphatic carbocycles. The first-order chi connectivity index (χ1) is 9.86. The third-order valence-electron chi connectivity index (χ3n) is 2.93. The second-order valence-electron chi connectivity index (χ2n) is 4.48. The lowest BCUT2D eigenvalue weighted by molar-refractivity contribution is -0.137. The predicted molar refractivity (Wildman–Crippen MR) is 74.1 cm³/mol. The van der Waals surface area contributed by atoms with Crippen LogP contribution >= 0.6 is 11.8 Å². The zero-order valence-electron chi connectivity index (χ0n) is 10.9. The Morgan fingerprint density at radius 2 is 2.14 bits per heavy atom. The van der Waals surface area contributed by atoms with Gasteiger partial charge in [-0.3, -0.25) is 9.59 Å². The van der Waals surface area contributed by atoms with Gasteiger partial charge < -0.3 is 10.2 Å².